The van der Waals surface area contributed by atoms with Gasteiger partial charge in [-0.2, -0.15) is 0 Å². The van der Waals surface area contributed by atoms with E-state index < -0.39 is 17.6 Å². The van der Waals surface area contributed by atoms with E-state index in [-0.39, 0.29) is 10.9 Å². The summed E-state index contributed by atoms with van der Waals surface area (Å²) in [6.07, 6.45) is 0. The third-order valence-electron chi connectivity index (χ3n) is 3.38. The van der Waals surface area contributed by atoms with Gasteiger partial charge in [0, 0.05) is 5.69 Å². The van der Waals surface area contributed by atoms with Crippen LogP contribution in [0.1, 0.15) is 6.92 Å². The average molecular weight is 350 g/mol. The van der Waals surface area contributed by atoms with Gasteiger partial charge in [0.25, 0.3) is 0 Å². The third-order valence-corrected chi connectivity index (χ3v) is 3.70. The van der Waals surface area contributed by atoms with Crippen molar-refractivity contribution in [3.8, 4) is 0 Å². The molecule has 3 rings (SSSR count). The molecule has 124 valence electrons. The molecule has 0 radical (unpaired) electrons. The number of halogens is 2. The Bertz CT molecular complexity index is 967. The van der Waals surface area contributed by atoms with E-state index in [4.69, 9.17) is 16.0 Å². The summed E-state index contributed by atoms with van der Waals surface area (Å²) in [7, 11) is 0. The molecule has 0 aliphatic heterocycles. The summed E-state index contributed by atoms with van der Waals surface area (Å²) < 4.78 is 17.9. The lowest BCUT2D eigenvalue weighted by atomic mass is 10.2. The Morgan fingerprint density at radius 1 is 1.29 bits per heavy atom. The van der Waals surface area contributed by atoms with E-state index in [0.717, 1.165) is 6.07 Å². The van der Waals surface area contributed by atoms with Crippen LogP contribution in [0.2, 0.25) is 5.02 Å². The maximum atomic E-state index is 13.0. The Morgan fingerprint density at radius 3 is 2.83 bits per heavy atom. The van der Waals surface area contributed by atoms with Crippen LogP contribution in [0.25, 0.3) is 11.1 Å². The molecule has 6 nitrogen and oxygen atoms in total. The number of hydrogen-bond acceptors (Lipinski definition) is 4. The van der Waals surface area contributed by atoms with Gasteiger partial charge in [-0.05, 0) is 43.3 Å². The first kappa shape index (κ1) is 16.1. The molecule has 0 bridgehead atoms. The van der Waals surface area contributed by atoms with Gasteiger partial charge in [0.15, 0.2) is 5.58 Å². The molecule has 1 atom stereocenters. The Hall–Kier alpha value is -2.80. The lowest BCUT2D eigenvalue weighted by molar-refractivity contribution is -0.116. The Morgan fingerprint density at radius 2 is 2.08 bits per heavy atom. The molecule has 1 amide bonds. The van der Waals surface area contributed by atoms with E-state index in [9.17, 15) is 14.0 Å². The second kappa shape index (κ2) is 6.37. The third kappa shape index (κ3) is 3.41. The number of anilines is 2. The van der Waals surface area contributed by atoms with Crippen molar-refractivity contribution in [3.63, 3.8) is 0 Å². The number of carbonyl (C=O) groups is 1. The van der Waals surface area contributed by atoms with Crippen LogP contribution in [0.4, 0.5) is 15.8 Å². The van der Waals surface area contributed by atoms with Crippen LogP contribution in [0, 0.1) is 5.82 Å². The summed E-state index contributed by atoms with van der Waals surface area (Å²) in [5.41, 5.74) is 1.92. The highest BCUT2D eigenvalue weighted by Crippen LogP contribution is 2.23. The Balaban J connectivity index is 1.71. The van der Waals surface area contributed by atoms with Crippen LogP contribution in [0.5, 0.6) is 0 Å². The number of rotatable bonds is 4. The van der Waals surface area contributed by atoms with Crippen LogP contribution in [0.3, 0.4) is 0 Å². The predicted octanol–water partition coefficient (Wildman–Crippen LogP) is 3.35. The van der Waals surface area contributed by atoms with Crippen molar-refractivity contribution in [2.24, 2.45) is 0 Å². The highest BCUT2D eigenvalue weighted by atomic mass is 35.5. The van der Waals surface area contributed by atoms with Gasteiger partial charge in [0.1, 0.15) is 11.9 Å². The van der Waals surface area contributed by atoms with E-state index in [1.165, 1.54) is 12.1 Å². The number of nitrogens with one attached hydrogen (secondary N) is 3. The van der Waals surface area contributed by atoms with Crippen molar-refractivity contribution in [3.05, 3.63) is 57.8 Å². The van der Waals surface area contributed by atoms with Crippen molar-refractivity contribution in [2.75, 3.05) is 10.6 Å². The second-order valence-electron chi connectivity index (χ2n) is 5.20. The average Bonchev–Trinajstić information content (AvgIpc) is 2.89. The molecule has 0 saturated carbocycles. The molecule has 2 aromatic carbocycles. The van der Waals surface area contributed by atoms with E-state index in [0.29, 0.717) is 22.5 Å². The SMILES string of the molecule is C[C@@H](Nc1ccc2oc(=O)[nH]c2c1)C(=O)Nc1ccc(F)cc1Cl. The molecule has 8 heteroatoms. The fraction of sp³-hybridized carbons (Fsp3) is 0.125. The Labute approximate surface area is 140 Å². The minimum Gasteiger partial charge on any atom is -0.408 e. The Kier molecular flexibility index (Phi) is 4.26. The number of H-pyrrole nitrogens is 1. The summed E-state index contributed by atoms with van der Waals surface area (Å²) in [6.45, 7) is 1.66. The lowest BCUT2D eigenvalue weighted by Crippen LogP contribution is -2.31. The molecule has 0 aliphatic rings. The maximum Gasteiger partial charge on any atom is 0.417 e. The van der Waals surface area contributed by atoms with Gasteiger partial charge in [-0.3, -0.25) is 9.78 Å². The van der Waals surface area contributed by atoms with Gasteiger partial charge < -0.3 is 15.1 Å². The normalized spacial score (nSPS) is 12.1. The second-order valence-corrected chi connectivity index (χ2v) is 5.61. The molecule has 3 N–H and O–H groups in total. The van der Waals surface area contributed by atoms with Gasteiger partial charge in [-0.1, -0.05) is 11.6 Å². The van der Waals surface area contributed by atoms with Crippen LogP contribution >= 0.6 is 11.6 Å². The van der Waals surface area contributed by atoms with Crippen LogP contribution < -0.4 is 16.4 Å². The first-order valence-electron chi connectivity index (χ1n) is 7.08. The molecule has 0 fully saturated rings. The van der Waals surface area contributed by atoms with Gasteiger partial charge >= 0.3 is 5.76 Å². The quantitative estimate of drug-likeness (QED) is 0.674. The summed E-state index contributed by atoms with van der Waals surface area (Å²) >= 11 is 5.89. The van der Waals surface area contributed by atoms with Crippen molar-refractivity contribution in [1.82, 2.24) is 4.98 Å². The van der Waals surface area contributed by atoms with E-state index in [2.05, 4.69) is 15.6 Å². The van der Waals surface area contributed by atoms with Crippen LogP contribution in [-0.4, -0.2) is 16.9 Å². The van der Waals surface area contributed by atoms with Crippen molar-refractivity contribution < 1.29 is 13.6 Å². The van der Waals surface area contributed by atoms with Gasteiger partial charge in [0.2, 0.25) is 5.91 Å². The number of fused-ring (bicyclic) bond motifs is 1. The molecule has 24 heavy (non-hydrogen) atoms. The summed E-state index contributed by atoms with van der Waals surface area (Å²) in [5.74, 6) is -1.37. The number of aromatic amines is 1. The minimum absolute atomic E-state index is 0.118. The van der Waals surface area contributed by atoms with Crippen LogP contribution in [-0.2, 0) is 4.79 Å². The van der Waals surface area contributed by atoms with E-state index in [1.54, 1.807) is 25.1 Å². The van der Waals surface area contributed by atoms with Gasteiger partial charge in [-0.25, -0.2) is 9.18 Å². The molecule has 1 heterocycles. The zero-order valence-electron chi connectivity index (χ0n) is 12.5. The summed E-state index contributed by atoms with van der Waals surface area (Å²) in [4.78, 5) is 25.9. The van der Waals surface area contributed by atoms with Gasteiger partial charge in [-0.15, -0.1) is 0 Å². The smallest absolute Gasteiger partial charge is 0.408 e. The number of benzene rings is 2. The number of hydrogen-bond donors (Lipinski definition) is 3. The standard InChI is InChI=1S/C16H13ClFN3O3/c1-8(15(22)20-12-4-2-9(18)6-11(12)17)19-10-3-5-14-13(7-10)21-16(23)24-14/h2-8,19H,1H3,(H,20,22)(H,21,23)/t8-/m1/s1. The van der Waals surface area contributed by atoms with Gasteiger partial charge in [0.05, 0.1) is 16.2 Å². The fourth-order valence-electron chi connectivity index (χ4n) is 2.19. The minimum atomic E-state index is -0.595. The van der Waals surface area contributed by atoms with Crippen LogP contribution in [0.15, 0.2) is 45.6 Å². The summed E-state index contributed by atoms with van der Waals surface area (Å²) in [6, 6.07) is 8.10. The maximum absolute atomic E-state index is 13.0. The monoisotopic (exact) mass is 349 g/mol. The van der Waals surface area contributed by atoms with Crippen molar-refractivity contribution in [1.29, 1.82) is 0 Å². The number of amides is 1. The molecule has 0 saturated heterocycles. The summed E-state index contributed by atoms with van der Waals surface area (Å²) in [5, 5.41) is 5.74. The highest BCUT2D eigenvalue weighted by Gasteiger charge is 2.15. The molecule has 0 aliphatic carbocycles. The number of oxazole rings is 1. The fourth-order valence-corrected chi connectivity index (χ4v) is 2.40. The molecule has 3 aromatic rings. The zero-order chi connectivity index (χ0) is 17.3. The number of carbonyl (C=O) groups excluding carboxylic acids is 1. The predicted molar refractivity (Wildman–Crippen MR) is 90.0 cm³/mol. The molecular weight excluding hydrogens is 337 g/mol. The topological polar surface area (TPSA) is 87.1 Å². The zero-order valence-corrected chi connectivity index (χ0v) is 13.3. The van der Waals surface area contributed by atoms with E-state index >= 15 is 0 Å². The molecule has 0 spiro atoms. The van der Waals surface area contributed by atoms with E-state index in [1.807, 2.05) is 0 Å². The molecule has 1 aromatic heterocycles. The first-order chi connectivity index (χ1) is 11.4. The van der Waals surface area contributed by atoms with Crippen molar-refractivity contribution >= 4 is 40.0 Å². The largest absolute Gasteiger partial charge is 0.417 e. The van der Waals surface area contributed by atoms with Crippen molar-refractivity contribution in [2.45, 2.75) is 13.0 Å². The lowest BCUT2D eigenvalue weighted by Gasteiger charge is -2.16. The molecule has 0 unspecified atom stereocenters. The molecular formula is C16H13ClFN3O3. The highest BCUT2D eigenvalue weighted by molar-refractivity contribution is 6.33. The first-order valence-corrected chi connectivity index (χ1v) is 7.45. The number of aromatic nitrogens is 1.